The summed E-state index contributed by atoms with van der Waals surface area (Å²) in [6.07, 6.45) is 5.07. The van der Waals surface area contributed by atoms with Crippen molar-refractivity contribution in [1.82, 2.24) is 20.5 Å². The molecule has 1 heterocycles. The maximum atomic E-state index is 11.3. The lowest BCUT2D eigenvalue weighted by molar-refractivity contribution is 0.0946. The molecule has 0 spiro atoms. The first kappa shape index (κ1) is 11.4. The predicted molar refractivity (Wildman–Crippen MR) is 59.3 cm³/mol. The van der Waals surface area contributed by atoms with E-state index in [0.29, 0.717) is 12.3 Å². The third-order valence-corrected chi connectivity index (χ3v) is 2.30. The van der Waals surface area contributed by atoms with Gasteiger partial charge in [0.25, 0.3) is 5.91 Å². The Morgan fingerprint density at radius 1 is 1.73 bits per heavy atom. The molecule has 0 aliphatic heterocycles. The topological polar surface area (TPSA) is 96.7 Å². The van der Waals surface area contributed by atoms with E-state index >= 15 is 0 Å². The van der Waals surface area contributed by atoms with Gasteiger partial charge in [0.05, 0.1) is 5.75 Å². The summed E-state index contributed by atoms with van der Waals surface area (Å²) in [5.74, 6) is 3.76. The second kappa shape index (κ2) is 5.93. The van der Waals surface area contributed by atoms with Gasteiger partial charge in [-0.05, 0) is 0 Å². The van der Waals surface area contributed by atoms with Crippen LogP contribution < -0.4 is 11.1 Å². The molecule has 7 heteroatoms. The van der Waals surface area contributed by atoms with E-state index in [-0.39, 0.29) is 17.7 Å². The molecule has 1 aromatic heterocycles. The molecule has 6 nitrogen and oxygen atoms in total. The third kappa shape index (κ3) is 3.91. The molecule has 0 saturated heterocycles. The highest BCUT2D eigenvalue weighted by Gasteiger charge is 2.08. The molecule has 1 aromatic rings. The summed E-state index contributed by atoms with van der Waals surface area (Å²) < 4.78 is 0. The van der Waals surface area contributed by atoms with E-state index in [1.54, 1.807) is 11.8 Å². The number of hydrogen-bond acceptors (Lipinski definition) is 5. The zero-order valence-electron chi connectivity index (χ0n) is 7.99. The molecule has 0 fully saturated rings. The van der Waals surface area contributed by atoms with Crippen LogP contribution in [0.15, 0.2) is 0 Å². The smallest absolute Gasteiger partial charge is 0.288 e. The van der Waals surface area contributed by atoms with E-state index in [0.717, 1.165) is 5.75 Å². The second-order valence-corrected chi connectivity index (χ2v) is 3.66. The molecule has 0 bridgehead atoms. The second-order valence-electron chi connectivity index (χ2n) is 2.55. The lowest BCUT2D eigenvalue weighted by Gasteiger charge is -2.00. The molecule has 4 N–H and O–H groups in total. The van der Waals surface area contributed by atoms with Crippen LogP contribution >= 0.6 is 11.8 Å². The summed E-state index contributed by atoms with van der Waals surface area (Å²) in [4.78, 5) is 15.0. The summed E-state index contributed by atoms with van der Waals surface area (Å²) in [6.45, 7) is 0.534. The fourth-order valence-corrected chi connectivity index (χ4v) is 1.34. The van der Waals surface area contributed by atoms with Gasteiger partial charge in [-0.3, -0.25) is 9.89 Å². The molecule has 0 aliphatic rings. The minimum Gasteiger partial charge on any atom is -0.366 e. The Hall–Kier alpha value is -1.68. The SMILES string of the molecule is C#CCSCCNC(=O)c1nc(N)n[nH]1. The van der Waals surface area contributed by atoms with Crippen LogP contribution in [0.2, 0.25) is 0 Å². The number of nitrogen functional groups attached to an aromatic ring is 1. The summed E-state index contributed by atoms with van der Waals surface area (Å²) in [7, 11) is 0. The Kier molecular flexibility index (Phi) is 4.50. The number of nitrogens with two attached hydrogens (primary N) is 1. The quantitative estimate of drug-likeness (QED) is 0.463. The highest BCUT2D eigenvalue weighted by molar-refractivity contribution is 7.99. The van der Waals surface area contributed by atoms with E-state index in [1.165, 1.54) is 0 Å². The Morgan fingerprint density at radius 2 is 2.53 bits per heavy atom. The lowest BCUT2D eigenvalue weighted by Crippen LogP contribution is -2.26. The van der Waals surface area contributed by atoms with Crippen molar-refractivity contribution in [2.75, 3.05) is 23.8 Å². The molecule has 15 heavy (non-hydrogen) atoms. The first-order valence-electron chi connectivity index (χ1n) is 4.21. The zero-order valence-corrected chi connectivity index (χ0v) is 8.80. The Bertz CT molecular complexity index is 369. The van der Waals surface area contributed by atoms with Crippen molar-refractivity contribution in [3.05, 3.63) is 5.82 Å². The summed E-state index contributed by atoms with van der Waals surface area (Å²) in [5, 5.41) is 8.62. The van der Waals surface area contributed by atoms with Crippen molar-refractivity contribution in [3.63, 3.8) is 0 Å². The van der Waals surface area contributed by atoms with Gasteiger partial charge in [-0.25, -0.2) is 0 Å². The molecule has 0 radical (unpaired) electrons. The number of nitrogens with one attached hydrogen (secondary N) is 2. The lowest BCUT2D eigenvalue weighted by atomic mass is 10.5. The van der Waals surface area contributed by atoms with Crippen LogP contribution in [-0.2, 0) is 0 Å². The van der Waals surface area contributed by atoms with Gasteiger partial charge < -0.3 is 11.1 Å². The van der Waals surface area contributed by atoms with Crippen molar-refractivity contribution in [3.8, 4) is 12.3 Å². The monoisotopic (exact) mass is 225 g/mol. The fraction of sp³-hybridized carbons (Fsp3) is 0.375. The number of rotatable bonds is 5. The summed E-state index contributed by atoms with van der Waals surface area (Å²) >= 11 is 1.57. The van der Waals surface area contributed by atoms with Crippen LogP contribution in [0.1, 0.15) is 10.6 Å². The Balaban J connectivity index is 2.23. The van der Waals surface area contributed by atoms with Crippen molar-refractivity contribution in [2.45, 2.75) is 0 Å². The number of anilines is 1. The van der Waals surface area contributed by atoms with E-state index in [2.05, 4.69) is 26.4 Å². The summed E-state index contributed by atoms with van der Waals surface area (Å²) in [5.41, 5.74) is 5.25. The standard InChI is InChI=1S/C8H11N5OS/c1-2-4-15-5-3-10-7(14)6-11-8(9)13-12-6/h1H,3-5H2,(H,10,14)(H3,9,11,12,13). The van der Waals surface area contributed by atoms with E-state index in [9.17, 15) is 4.79 Å². The van der Waals surface area contributed by atoms with Crippen LogP contribution in [0.3, 0.4) is 0 Å². The van der Waals surface area contributed by atoms with Gasteiger partial charge in [0.15, 0.2) is 0 Å². The first-order valence-corrected chi connectivity index (χ1v) is 5.37. The number of aromatic amines is 1. The number of carbonyl (C=O) groups is 1. The number of carbonyl (C=O) groups excluding carboxylic acids is 1. The van der Waals surface area contributed by atoms with E-state index in [4.69, 9.17) is 12.2 Å². The number of nitrogens with zero attached hydrogens (tertiary/aromatic N) is 2. The average molecular weight is 225 g/mol. The van der Waals surface area contributed by atoms with Crippen molar-refractivity contribution in [2.24, 2.45) is 0 Å². The molecule has 0 unspecified atom stereocenters. The van der Waals surface area contributed by atoms with Gasteiger partial charge in [0, 0.05) is 12.3 Å². The van der Waals surface area contributed by atoms with Gasteiger partial charge in [0.2, 0.25) is 11.8 Å². The van der Waals surface area contributed by atoms with Gasteiger partial charge >= 0.3 is 0 Å². The van der Waals surface area contributed by atoms with Gasteiger partial charge in [-0.1, -0.05) is 5.92 Å². The van der Waals surface area contributed by atoms with Crippen LogP contribution in [0.5, 0.6) is 0 Å². The molecular weight excluding hydrogens is 214 g/mol. The van der Waals surface area contributed by atoms with Crippen molar-refractivity contribution >= 4 is 23.6 Å². The van der Waals surface area contributed by atoms with Crippen LogP contribution in [-0.4, -0.2) is 39.1 Å². The molecule has 1 rings (SSSR count). The molecule has 0 saturated carbocycles. The Morgan fingerprint density at radius 3 is 3.13 bits per heavy atom. The summed E-state index contributed by atoms with van der Waals surface area (Å²) in [6, 6.07) is 0. The third-order valence-electron chi connectivity index (χ3n) is 1.44. The molecular formula is C8H11N5OS. The fourth-order valence-electron chi connectivity index (χ4n) is 0.828. The van der Waals surface area contributed by atoms with Gasteiger partial charge in [-0.15, -0.1) is 23.3 Å². The zero-order chi connectivity index (χ0) is 11.1. The minimum absolute atomic E-state index is 0.0573. The van der Waals surface area contributed by atoms with Gasteiger partial charge in [0.1, 0.15) is 0 Å². The minimum atomic E-state index is -0.319. The normalized spacial score (nSPS) is 9.53. The van der Waals surface area contributed by atoms with E-state index < -0.39 is 0 Å². The maximum absolute atomic E-state index is 11.3. The number of H-pyrrole nitrogens is 1. The molecule has 1 amide bonds. The Labute approximate surface area is 91.4 Å². The number of hydrogen-bond donors (Lipinski definition) is 3. The van der Waals surface area contributed by atoms with Crippen LogP contribution in [0.25, 0.3) is 0 Å². The van der Waals surface area contributed by atoms with Crippen molar-refractivity contribution < 1.29 is 4.79 Å². The number of amides is 1. The molecule has 0 aliphatic carbocycles. The highest BCUT2D eigenvalue weighted by atomic mass is 32.2. The van der Waals surface area contributed by atoms with E-state index in [1.807, 2.05) is 0 Å². The van der Waals surface area contributed by atoms with Gasteiger partial charge in [-0.2, -0.15) is 4.98 Å². The molecule has 0 atom stereocenters. The predicted octanol–water partition coefficient (Wildman–Crippen LogP) is -0.517. The molecule has 80 valence electrons. The number of thioether (sulfide) groups is 1. The average Bonchev–Trinajstić information content (AvgIpc) is 2.64. The number of terminal acetylenes is 1. The highest BCUT2D eigenvalue weighted by Crippen LogP contribution is 1.96. The van der Waals surface area contributed by atoms with Crippen LogP contribution in [0, 0.1) is 12.3 Å². The maximum Gasteiger partial charge on any atom is 0.288 e. The van der Waals surface area contributed by atoms with Crippen LogP contribution in [0.4, 0.5) is 5.95 Å². The first-order chi connectivity index (χ1) is 7.24. The number of aromatic nitrogens is 3. The van der Waals surface area contributed by atoms with Crippen molar-refractivity contribution in [1.29, 1.82) is 0 Å². The molecule has 0 aromatic carbocycles. The largest absolute Gasteiger partial charge is 0.366 e.